The van der Waals surface area contributed by atoms with Gasteiger partial charge in [0.1, 0.15) is 6.29 Å². The smallest absolute Gasteiger partial charge is 0.150 e. The van der Waals surface area contributed by atoms with E-state index in [9.17, 15) is 4.79 Å². The van der Waals surface area contributed by atoms with Crippen LogP contribution in [0.2, 0.25) is 0 Å². The summed E-state index contributed by atoms with van der Waals surface area (Å²) in [6.45, 7) is 2.00. The van der Waals surface area contributed by atoms with Gasteiger partial charge in [-0.1, -0.05) is 48.3 Å². The second-order valence-corrected chi connectivity index (χ2v) is 5.58. The van der Waals surface area contributed by atoms with Gasteiger partial charge in [-0.2, -0.15) is 0 Å². The largest absolute Gasteiger partial charge is 0.298 e. The summed E-state index contributed by atoms with van der Waals surface area (Å²) in [5, 5.41) is 0. The molecule has 1 nitrogen and oxygen atoms in total. The average molecular weight is 292 g/mol. The number of rotatable bonds is 4. The van der Waals surface area contributed by atoms with Crippen molar-refractivity contribution in [3.63, 3.8) is 0 Å². The molecule has 2 rings (SSSR count). The second-order valence-electron chi connectivity index (χ2n) is 4.41. The monoisotopic (exact) mass is 292 g/mol. The van der Waals surface area contributed by atoms with Crippen LogP contribution in [0.5, 0.6) is 0 Å². The highest BCUT2D eigenvalue weighted by atomic mass is 32.1. The van der Waals surface area contributed by atoms with E-state index in [1.807, 2.05) is 31.2 Å². The van der Waals surface area contributed by atoms with E-state index in [1.54, 1.807) is 23.5 Å². The fraction of sp³-hybridized carbons (Fsp3) is 0.105. The number of allylic oxidation sites excluding steroid dienone is 4. The molecule has 0 radical (unpaired) electrons. The minimum absolute atomic E-state index is 0.673. The van der Waals surface area contributed by atoms with Gasteiger partial charge in [0.15, 0.2) is 0 Å². The van der Waals surface area contributed by atoms with E-state index in [0.717, 1.165) is 23.1 Å². The Labute approximate surface area is 129 Å². The second kappa shape index (κ2) is 8.04. The van der Waals surface area contributed by atoms with E-state index in [1.165, 1.54) is 4.88 Å². The van der Waals surface area contributed by atoms with E-state index in [4.69, 9.17) is 0 Å². The molecule has 1 aromatic heterocycles. The minimum Gasteiger partial charge on any atom is -0.298 e. The molecule has 21 heavy (non-hydrogen) atoms. The first kappa shape index (κ1) is 15.0. The van der Waals surface area contributed by atoms with E-state index in [-0.39, 0.29) is 0 Å². The normalized spacial score (nSPS) is 10.7. The first-order chi connectivity index (χ1) is 10.3. The third-order valence-electron chi connectivity index (χ3n) is 2.80. The lowest BCUT2D eigenvalue weighted by atomic mass is 10.1. The number of benzene rings is 1. The fourth-order valence-electron chi connectivity index (χ4n) is 1.71. The molecule has 2 aromatic rings. The highest BCUT2D eigenvalue weighted by Gasteiger charge is 1.95. The summed E-state index contributed by atoms with van der Waals surface area (Å²) in [5.41, 5.74) is 1.59. The lowest BCUT2D eigenvalue weighted by Gasteiger charge is -1.90. The van der Waals surface area contributed by atoms with E-state index in [0.29, 0.717) is 5.56 Å². The SMILES string of the molecule is C/C=C\C=C/Cc1ccc(C#Cc2ccc(C=O)cc2)s1. The van der Waals surface area contributed by atoms with Crippen molar-refractivity contribution in [3.8, 4) is 11.8 Å². The molecule has 1 aromatic carbocycles. The van der Waals surface area contributed by atoms with Gasteiger partial charge in [0, 0.05) is 22.4 Å². The van der Waals surface area contributed by atoms with Crippen molar-refractivity contribution in [1.82, 2.24) is 0 Å². The van der Waals surface area contributed by atoms with Crippen LogP contribution in [0, 0.1) is 11.8 Å². The first-order valence-electron chi connectivity index (χ1n) is 6.75. The average Bonchev–Trinajstić information content (AvgIpc) is 2.98. The highest BCUT2D eigenvalue weighted by Crippen LogP contribution is 2.16. The molecule has 104 valence electrons. The van der Waals surface area contributed by atoms with Gasteiger partial charge in [0.25, 0.3) is 0 Å². The standard InChI is InChI=1S/C19H16OS/c1-2-3-4-5-6-18-13-14-19(21-18)12-11-16-7-9-17(15-20)10-8-16/h2-5,7-10,13-15H,6H2,1H3/b3-2-,5-4-. The van der Waals surface area contributed by atoms with Gasteiger partial charge in [-0.05, 0) is 31.2 Å². The molecule has 0 unspecified atom stereocenters. The maximum atomic E-state index is 10.6. The zero-order chi connectivity index (χ0) is 14.9. The predicted octanol–water partition coefficient (Wildman–Crippen LogP) is 4.64. The van der Waals surface area contributed by atoms with Crippen LogP contribution >= 0.6 is 11.3 Å². The van der Waals surface area contributed by atoms with Crippen LogP contribution in [0.25, 0.3) is 0 Å². The maximum absolute atomic E-state index is 10.6. The molecule has 0 aliphatic heterocycles. The van der Waals surface area contributed by atoms with E-state index < -0.39 is 0 Å². The van der Waals surface area contributed by atoms with E-state index in [2.05, 4.69) is 36.1 Å². The molecular formula is C19H16OS. The third-order valence-corrected chi connectivity index (χ3v) is 3.82. The summed E-state index contributed by atoms with van der Waals surface area (Å²) in [5.74, 6) is 6.28. The minimum atomic E-state index is 0.673. The Hall–Kier alpha value is -2.37. The number of aldehydes is 1. The van der Waals surface area contributed by atoms with E-state index >= 15 is 0 Å². The van der Waals surface area contributed by atoms with Crippen LogP contribution in [-0.2, 0) is 6.42 Å². The van der Waals surface area contributed by atoms with Crippen molar-refractivity contribution in [2.75, 3.05) is 0 Å². The van der Waals surface area contributed by atoms with Gasteiger partial charge in [-0.25, -0.2) is 0 Å². The molecule has 1 heterocycles. The van der Waals surface area contributed by atoms with Crippen LogP contribution in [-0.4, -0.2) is 6.29 Å². The van der Waals surface area contributed by atoms with Crippen LogP contribution in [0.4, 0.5) is 0 Å². The number of hydrogen-bond donors (Lipinski definition) is 0. The summed E-state index contributed by atoms with van der Waals surface area (Å²) in [4.78, 5) is 12.9. The lowest BCUT2D eigenvalue weighted by molar-refractivity contribution is 0.112. The van der Waals surface area contributed by atoms with Gasteiger partial charge < -0.3 is 0 Å². The first-order valence-corrected chi connectivity index (χ1v) is 7.57. The van der Waals surface area contributed by atoms with Crippen LogP contribution in [0.1, 0.15) is 32.6 Å². The molecule has 0 N–H and O–H groups in total. The molecule has 0 atom stereocenters. The van der Waals surface area contributed by atoms with Crippen LogP contribution in [0.15, 0.2) is 60.7 Å². The molecule has 2 heteroatoms. The lowest BCUT2D eigenvalue weighted by Crippen LogP contribution is -1.79. The summed E-state index contributed by atoms with van der Waals surface area (Å²) >= 11 is 1.71. The topological polar surface area (TPSA) is 17.1 Å². The molecule has 0 amide bonds. The number of carbonyl (C=O) groups excluding carboxylic acids is 1. The summed E-state index contributed by atoms with van der Waals surface area (Å²) < 4.78 is 0. The molecular weight excluding hydrogens is 276 g/mol. The van der Waals surface area contributed by atoms with Crippen molar-refractivity contribution in [2.24, 2.45) is 0 Å². The zero-order valence-corrected chi connectivity index (χ0v) is 12.7. The molecule has 0 spiro atoms. The van der Waals surface area contributed by atoms with Crippen LogP contribution < -0.4 is 0 Å². The van der Waals surface area contributed by atoms with Gasteiger partial charge in [-0.15, -0.1) is 11.3 Å². The van der Waals surface area contributed by atoms with Gasteiger partial charge in [0.2, 0.25) is 0 Å². The van der Waals surface area contributed by atoms with Crippen molar-refractivity contribution in [3.05, 3.63) is 81.6 Å². The van der Waals surface area contributed by atoms with Gasteiger partial charge >= 0.3 is 0 Å². The maximum Gasteiger partial charge on any atom is 0.150 e. The molecule has 0 fully saturated rings. The Balaban J connectivity index is 2.01. The Morgan fingerprint density at radius 3 is 2.57 bits per heavy atom. The Morgan fingerprint density at radius 1 is 1.05 bits per heavy atom. The quantitative estimate of drug-likeness (QED) is 0.456. The summed E-state index contributed by atoms with van der Waals surface area (Å²) in [6.07, 6.45) is 10.0. The van der Waals surface area contributed by atoms with Crippen molar-refractivity contribution >= 4 is 17.6 Å². The van der Waals surface area contributed by atoms with Gasteiger partial charge in [-0.3, -0.25) is 4.79 Å². The third kappa shape index (κ3) is 4.91. The number of hydrogen-bond acceptors (Lipinski definition) is 2. The highest BCUT2D eigenvalue weighted by molar-refractivity contribution is 7.12. The molecule has 0 bridgehead atoms. The zero-order valence-electron chi connectivity index (χ0n) is 11.9. The summed E-state index contributed by atoms with van der Waals surface area (Å²) in [6, 6.07) is 11.5. The molecule has 0 saturated carbocycles. The molecule has 0 saturated heterocycles. The fourth-order valence-corrected chi connectivity index (χ4v) is 2.54. The Kier molecular flexibility index (Phi) is 5.75. The van der Waals surface area contributed by atoms with Crippen molar-refractivity contribution in [1.29, 1.82) is 0 Å². The van der Waals surface area contributed by atoms with Crippen molar-refractivity contribution in [2.45, 2.75) is 13.3 Å². The predicted molar refractivity (Wildman–Crippen MR) is 89.8 cm³/mol. The molecule has 0 aliphatic rings. The van der Waals surface area contributed by atoms with Gasteiger partial charge in [0.05, 0.1) is 4.88 Å². The summed E-state index contributed by atoms with van der Waals surface area (Å²) in [7, 11) is 0. The molecule has 0 aliphatic carbocycles. The number of carbonyl (C=O) groups is 1. The number of thiophene rings is 1. The Morgan fingerprint density at radius 2 is 1.86 bits per heavy atom. The van der Waals surface area contributed by atoms with Crippen LogP contribution in [0.3, 0.4) is 0 Å². The Bertz CT molecular complexity index is 706. The van der Waals surface area contributed by atoms with Crippen molar-refractivity contribution < 1.29 is 4.79 Å².